The summed E-state index contributed by atoms with van der Waals surface area (Å²) < 4.78 is 0. The quantitative estimate of drug-likeness (QED) is 0.469. The first-order valence-electron chi connectivity index (χ1n) is 0.129. The molecular weight excluding hydrogens is 164 g/mol. The molecule has 0 aromatic carbocycles. The van der Waals surface area contributed by atoms with Crippen molar-refractivity contribution in [2.24, 2.45) is 0 Å². The van der Waals surface area contributed by atoms with Gasteiger partial charge in [-0.1, -0.05) is 0 Å². The van der Waals surface area contributed by atoms with Crippen LogP contribution in [0.4, 0.5) is 0 Å². The Kier molecular flexibility index (Phi) is 145. The van der Waals surface area contributed by atoms with E-state index < -0.39 is 0 Å². The molecule has 0 aliphatic carbocycles. The Morgan fingerprint density at radius 3 is 1.25 bits per heavy atom. The molecule has 0 N–H and O–H groups in total. The first-order chi connectivity index (χ1) is 1.00. The first-order valence-corrected chi connectivity index (χ1v) is 1.60. The van der Waals surface area contributed by atoms with Crippen LogP contribution < -0.4 is 6.15 Å². The summed E-state index contributed by atoms with van der Waals surface area (Å²) >= 11 is 3.46. The van der Waals surface area contributed by atoms with Crippen LogP contribution in [-0.2, 0) is 30.6 Å². The second-order valence-corrected chi connectivity index (χ2v) is 0. The molecule has 1 nitrogen and oxygen atoms in total. The van der Waals surface area contributed by atoms with E-state index >= 15 is 0 Å². The predicted molar refractivity (Wildman–Crippen MR) is 9.72 cm³/mol. The number of hydrogen-bond acceptors (Lipinski definition) is 1. The van der Waals surface area contributed by atoms with Crippen molar-refractivity contribution in [3.8, 4) is 0 Å². The normalized spacial score (nSPS) is 1.50. The van der Waals surface area contributed by atoms with Gasteiger partial charge < -0.3 is 0 Å². The van der Waals surface area contributed by atoms with Gasteiger partial charge in [0, 0.05) is 22.9 Å². The third-order valence-electron chi connectivity index (χ3n) is 0. The van der Waals surface area contributed by atoms with Crippen LogP contribution in [0.5, 0.6) is 0 Å². The standard InChI is InChI=1S/Co.N.Ni.S. The molecule has 0 aromatic rings. The minimum absolute atomic E-state index is 0. The first kappa shape index (κ1) is 19.0. The fourth-order valence-electron chi connectivity index (χ4n) is 0. The van der Waals surface area contributed by atoms with Crippen molar-refractivity contribution in [1.82, 2.24) is 6.15 Å². The number of nitrogens with zero attached hydrogens (tertiary/aromatic N) is 1. The summed E-state index contributed by atoms with van der Waals surface area (Å²) in [6.07, 6.45) is 0. The zero-order valence-electron chi connectivity index (χ0n) is 1.51. The maximum atomic E-state index is 3.71. The van der Waals surface area contributed by atoms with E-state index in [9.17, 15) is 0 Å². The van der Waals surface area contributed by atoms with Crippen molar-refractivity contribution in [2.45, 2.75) is 0 Å². The van der Waals surface area contributed by atoms with Gasteiger partial charge in [0.1, 0.15) is 0 Å². The van der Waals surface area contributed by atoms with E-state index in [0.29, 0.717) is 0 Å². The van der Waals surface area contributed by atoms with Crippen molar-refractivity contribution < 1.29 is 30.6 Å². The summed E-state index contributed by atoms with van der Waals surface area (Å²) in [5.41, 5.74) is 0. The molecule has 0 saturated heterocycles. The fourth-order valence-corrected chi connectivity index (χ4v) is 0. The summed E-state index contributed by atoms with van der Waals surface area (Å²) in [7, 11) is 3.71. The third kappa shape index (κ3) is 10.9. The average Bonchev–Trinajstić information content (AvgIpc) is 1.00. The van der Waals surface area contributed by atoms with E-state index in [0.717, 1.165) is 0 Å². The van der Waals surface area contributed by atoms with Crippen LogP contribution in [0.3, 0.4) is 0 Å². The molecule has 30 valence electrons. The summed E-state index contributed by atoms with van der Waals surface area (Å²) in [4.78, 5) is 0. The SMILES string of the molecule is [Co].[N].[S]=[Ni]. The molecule has 4 heteroatoms. The third-order valence-corrected chi connectivity index (χ3v) is 0. The van der Waals surface area contributed by atoms with Crippen molar-refractivity contribution >= 4 is 10.7 Å². The Morgan fingerprint density at radius 2 is 1.25 bits per heavy atom. The van der Waals surface area contributed by atoms with Crippen LogP contribution in [0.15, 0.2) is 0 Å². The maximum absolute atomic E-state index is 3.71. The summed E-state index contributed by atoms with van der Waals surface area (Å²) in [6.45, 7) is 0. The molecule has 4 heavy (non-hydrogen) atoms. The second-order valence-electron chi connectivity index (χ2n) is 0. The molecule has 0 unspecified atom stereocenters. The molecular formula is CoNNiS. The van der Waals surface area contributed by atoms with Crippen LogP contribution in [0.2, 0.25) is 0 Å². The van der Waals surface area contributed by atoms with Gasteiger partial charge in [0.05, 0.1) is 0 Å². The van der Waals surface area contributed by atoms with Crippen LogP contribution in [0.1, 0.15) is 0 Å². The summed E-state index contributed by atoms with van der Waals surface area (Å²) in [6, 6.07) is 0. The van der Waals surface area contributed by atoms with Crippen molar-refractivity contribution in [3.63, 3.8) is 0 Å². The molecule has 4 radical (unpaired) electrons. The summed E-state index contributed by atoms with van der Waals surface area (Å²) in [5, 5.41) is 0. The van der Waals surface area contributed by atoms with E-state index in [4.69, 9.17) is 0 Å². The number of rotatable bonds is 0. The zero-order valence-corrected chi connectivity index (χ0v) is 4.35. The van der Waals surface area contributed by atoms with Crippen LogP contribution in [0.25, 0.3) is 0 Å². The molecule has 0 aliphatic heterocycles. The van der Waals surface area contributed by atoms with Crippen LogP contribution >= 0.6 is 10.7 Å². The van der Waals surface area contributed by atoms with E-state index in [1.165, 1.54) is 0 Å². The van der Waals surface area contributed by atoms with Gasteiger partial charge in [-0.25, -0.2) is 0 Å². The average molecular weight is 164 g/mol. The molecule has 0 fully saturated rings. The zero-order chi connectivity index (χ0) is 2.00. The molecule has 0 amide bonds. The van der Waals surface area contributed by atoms with Gasteiger partial charge in [-0.05, 0) is 0 Å². The van der Waals surface area contributed by atoms with Crippen molar-refractivity contribution in [3.05, 3.63) is 0 Å². The number of hydrogen-bond donors (Lipinski definition) is 0. The Morgan fingerprint density at radius 1 is 1.25 bits per heavy atom. The van der Waals surface area contributed by atoms with E-state index in [2.05, 4.69) is 24.5 Å². The Hall–Kier alpha value is 1.18. The van der Waals surface area contributed by atoms with Crippen LogP contribution in [-0.4, -0.2) is 0 Å². The molecule has 0 saturated carbocycles. The Bertz CT molecular complexity index is 8.00. The van der Waals surface area contributed by atoms with Gasteiger partial charge in [-0.3, -0.25) is 0 Å². The fraction of sp³-hybridized carbons (Fsp3) is 0. The van der Waals surface area contributed by atoms with Gasteiger partial charge in [0.2, 0.25) is 0 Å². The van der Waals surface area contributed by atoms with Crippen LogP contribution in [0, 0.1) is 0 Å². The van der Waals surface area contributed by atoms with Gasteiger partial charge in [-0.15, -0.1) is 0 Å². The molecule has 0 bridgehead atoms. The molecule has 0 aromatic heterocycles. The molecule has 0 spiro atoms. The molecule has 0 aliphatic rings. The van der Waals surface area contributed by atoms with Gasteiger partial charge in [0.15, 0.2) is 0 Å². The Balaban J connectivity index is -0.00000000500. The van der Waals surface area contributed by atoms with E-state index in [1.54, 1.807) is 0 Å². The molecule has 0 heterocycles. The van der Waals surface area contributed by atoms with Crippen molar-refractivity contribution in [1.29, 1.82) is 0 Å². The molecule has 0 rings (SSSR count). The monoisotopic (exact) mass is 163 g/mol. The molecule has 0 atom stereocenters. The van der Waals surface area contributed by atoms with Gasteiger partial charge >= 0.3 is 24.5 Å². The minimum atomic E-state index is 0. The van der Waals surface area contributed by atoms with Crippen molar-refractivity contribution in [2.75, 3.05) is 0 Å². The predicted octanol–water partition coefficient (Wildman–Crippen LogP) is 0.163. The van der Waals surface area contributed by atoms with Gasteiger partial charge in [0.25, 0.3) is 0 Å². The second kappa shape index (κ2) is 30.4. The topological polar surface area (TPSA) is 30.5 Å². The van der Waals surface area contributed by atoms with Gasteiger partial charge in [-0.2, -0.15) is 0 Å². The van der Waals surface area contributed by atoms with E-state index in [-0.39, 0.29) is 22.9 Å². The Labute approximate surface area is 47.6 Å². The van der Waals surface area contributed by atoms with E-state index in [1.807, 2.05) is 0 Å². The summed E-state index contributed by atoms with van der Waals surface area (Å²) in [5.74, 6) is 0.